The van der Waals surface area contributed by atoms with Crippen LogP contribution in [-0.2, 0) is 22.5 Å². The Balaban J connectivity index is 0. The van der Waals surface area contributed by atoms with Gasteiger partial charge in [0.15, 0.2) is 0 Å². The van der Waals surface area contributed by atoms with Crippen molar-refractivity contribution in [2.75, 3.05) is 19.8 Å². The zero-order chi connectivity index (χ0) is 11.0. The molecule has 0 aromatic heterocycles. The van der Waals surface area contributed by atoms with Crippen molar-refractivity contribution in [1.29, 1.82) is 0 Å². The quantitative estimate of drug-likeness (QED) is 0.623. The predicted molar refractivity (Wildman–Crippen MR) is 59.5 cm³/mol. The van der Waals surface area contributed by atoms with Crippen molar-refractivity contribution in [2.24, 2.45) is 0 Å². The van der Waals surface area contributed by atoms with Gasteiger partial charge in [-0.15, -0.1) is 0 Å². The molecule has 0 aliphatic carbocycles. The summed E-state index contributed by atoms with van der Waals surface area (Å²) in [6, 6.07) is 0. The van der Waals surface area contributed by atoms with Crippen LogP contribution >= 0.6 is 0 Å². The number of hydrogen-bond acceptors (Lipinski definition) is 5. The van der Waals surface area contributed by atoms with Crippen molar-refractivity contribution in [3.63, 3.8) is 0 Å². The Labute approximate surface area is 135 Å². The maximum atomic E-state index is 10.9. The minimum absolute atomic E-state index is 0. The van der Waals surface area contributed by atoms with E-state index >= 15 is 0 Å². The van der Waals surface area contributed by atoms with Crippen LogP contribution in [0.25, 0.3) is 0 Å². The van der Waals surface area contributed by atoms with Crippen LogP contribution in [0.3, 0.4) is 0 Å². The molecule has 0 aliphatic heterocycles. The Bertz CT molecular complexity index is 161. The molecule has 15 heavy (non-hydrogen) atoms. The van der Waals surface area contributed by atoms with Crippen LogP contribution in [0.5, 0.6) is 0 Å². The molecule has 0 aliphatic rings. The van der Waals surface area contributed by atoms with Gasteiger partial charge >= 0.3 is 60.4 Å². The Kier molecular flexibility index (Phi) is 12.8. The molecule has 0 fully saturated rings. The third-order valence-electron chi connectivity index (χ3n) is 1.23. The number of carbonyl (C=O) groups excluding carboxylic acids is 1. The number of rotatable bonds is 7. The fourth-order valence-electron chi connectivity index (χ4n) is 0.920. The van der Waals surface area contributed by atoms with Gasteiger partial charge < -0.3 is 17.7 Å². The zero-order valence-corrected chi connectivity index (χ0v) is 10.2. The van der Waals surface area contributed by atoms with E-state index in [9.17, 15) is 4.79 Å². The van der Waals surface area contributed by atoms with Crippen molar-refractivity contribution in [3.05, 3.63) is 0 Å². The third-order valence-corrected chi connectivity index (χ3v) is 3.70. The van der Waals surface area contributed by atoms with E-state index in [2.05, 4.69) is 0 Å². The van der Waals surface area contributed by atoms with Gasteiger partial charge in [0.2, 0.25) is 0 Å². The second-order valence-electron chi connectivity index (χ2n) is 2.39. The van der Waals surface area contributed by atoms with E-state index in [0.717, 1.165) is 0 Å². The molecule has 0 spiro atoms. The van der Waals surface area contributed by atoms with Gasteiger partial charge in [0.05, 0.1) is 0 Å². The van der Waals surface area contributed by atoms with Crippen LogP contribution in [0.15, 0.2) is 0 Å². The van der Waals surface area contributed by atoms with Gasteiger partial charge in [-0.3, -0.25) is 4.79 Å². The molecule has 86 valence electrons. The molecule has 0 aromatic carbocycles. The molecule has 0 saturated heterocycles. The molecule has 0 N–H and O–H groups in total. The predicted octanol–water partition coefficient (Wildman–Crippen LogP) is 0.446. The van der Waals surface area contributed by atoms with Crippen LogP contribution in [0, 0.1) is 0 Å². The average Bonchev–Trinajstić information content (AvgIpc) is 2.03. The molecule has 7 heteroatoms. The molecule has 0 amide bonds. The molecule has 0 heterocycles. The summed E-state index contributed by atoms with van der Waals surface area (Å²) >= 11 is 0. The first kappa shape index (κ1) is 18.6. The maximum absolute atomic E-state index is 10.9. The fourth-order valence-corrected chi connectivity index (χ4v) is 2.76. The van der Waals surface area contributed by atoms with Gasteiger partial charge in [-0.05, 0) is 20.8 Å². The first-order chi connectivity index (χ1) is 6.60. The van der Waals surface area contributed by atoms with Gasteiger partial charge in [-0.2, -0.15) is 0 Å². The second kappa shape index (κ2) is 10.4. The molecular formula is C8H19KO5Si. The average molecular weight is 262 g/mol. The first-order valence-electron chi connectivity index (χ1n) is 4.71. The molecule has 0 bridgehead atoms. The SMILES string of the molecule is CCO[Si](OCC)(OCC)OC(C)=O.[KH]. The zero-order valence-electron chi connectivity index (χ0n) is 9.16. The molecule has 0 atom stereocenters. The van der Waals surface area contributed by atoms with Crippen LogP contribution in [0.4, 0.5) is 0 Å². The molecule has 0 radical (unpaired) electrons. The van der Waals surface area contributed by atoms with E-state index in [-0.39, 0.29) is 51.4 Å². The molecule has 5 nitrogen and oxygen atoms in total. The first-order valence-corrected chi connectivity index (χ1v) is 6.35. The van der Waals surface area contributed by atoms with E-state index in [1.165, 1.54) is 6.92 Å². The minimum atomic E-state index is -3.21. The summed E-state index contributed by atoms with van der Waals surface area (Å²) in [5, 5.41) is 0. The summed E-state index contributed by atoms with van der Waals surface area (Å²) in [6.45, 7) is 7.85. The Morgan fingerprint density at radius 2 is 1.33 bits per heavy atom. The van der Waals surface area contributed by atoms with Crippen molar-refractivity contribution >= 4 is 66.4 Å². The molecule has 0 aromatic rings. The van der Waals surface area contributed by atoms with Crippen molar-refractivity contribution < 1.29 is 22.5 Å². The summed E-state index contributed by atoms with van der Waals surface area (Å²) in [7, 11) is -3.21. The van der Waals surface area contributed by atoms with E-state index < -0.39 is 15.0 Å². The fraction of sp³-hybridized carbons (Fsp3) is 0.875. The van der Waals surface area contributed by atoms with Gasteiger partial charge in [-0.1, -0.05) is 0 Å². The summed E-state index contributed by atoms with van der Waals surface area (Å²) in [5.41, 5.74) is 0. The molecule has 0 rings (SSSR count). The Morgan fingerprint density at radius 1 is 1.00 bits per heavy atom. The normalized spacial score (nSPS) is 10.7. The van der Waals surface area contributed by atoms with Crippen molar-refractivity contribution in [1.82, 2.24) is 0 Å². The van der Waals surface area contributed by atoms with E-state index in [1.807, 2.05) is 0 Å². The summed E-state index contributed by atoms with van der Waals surface area (Å²) in [5.74, 6) is -0.452. The Hall–Kier alpha value is 1.20. The Morgan fingerprint density at radius 3 is 1.53 bits per heavy atom. The van der Waals surface area contributed by atoms with E-state index in [4.69, 9.17) is 17.7 Å². The monoisotopic (exact) mass is 262 g/mol. The van der Waals surface area contributed by atoms with Gasteiger partial charge in [-0.25, -0.2) is 0 Å². The van der Waals surface area contributed by atoms with Gasteiger partial charge in [0.1, 0.15) is 0 Å². The second-order valence-corrected chi connectivity index (χ2v) is 4.46. The van der Waals surface area contributed by atoms with Crippen LogP contribution in [0.2, 0.25) is 0 Å². The third kappa shape index (κ3) is 8.00. The number of hydrogen-bond donors (Lipinski definition) is 0. The van der Waals surface area contributed by atoms with E-state index in [0.29, 0.717) is 19.8 Å². The van der Waals surface area contributed by atoms with Crippen molar-refractivity contribution in [2.45, 2.75) is 27.7 Å². The van der Waals surface area contributed by atoms with Crippen LogP contribution in [0.1, 0.15) is 27.7 Å². The van der Waals surface area contributed by atoms with Crippen LogP contribution < -0.4 is 0 Å². The van der Waals surface area contributed by atoms with Crippen LogP contribution in [-0.4, -0.2) is 86.2 Å². The van der Waals surface area contributed by atoms with Gasteiger partial charge in [0.25, 0.3) is 5.97 Å². The molecule has 0 saturated carbocycles. The molecule has 0 unspecified atom stereocenters. The standard InChI is InChI=1S/C8H18O5Si.K.H/c1-5-10-14(11-6-2,12-7-3)13-8(4)9;;/h5-7H2,1-4H3;;. The summed E-state index contributed by atoms with van der Waals surface area (Å²) < 4.78 is 20.8. The summed E-state index contributed by atoms with van der Waals surface area (Å²) in [4.78, 5) is 10.9. The number of carbonyl (C=O) groups is 1. The van der Waals surface area contributed by atoms with Gasteiger partial charge in [0, 0.05) is 26.7 Å². The topological polar surface area (TPSA) is 54.0 Å². The molecular weight excluding hydrogens is 243 g/mol. The van der Waals surface area contributed by atoms with E-state index in [1.54, 1.807) is 20.8 Å². The summed E-state index contributed by atoms with van der Waals surface area (Å²) in [6.07, 6.45) is 0. The van der Waals surface area contributed by atoms with Crippen molar-refractivity contribution in [3.8, 4) is 0 Å².